The van der Waals surface area contributed by atoms with Crippen molar-refractivity contribution in [2.75, 3.05) is 0 Å². The number of aryl methyl sites for hydroxylation is 1. The van der Waals surface area contributed by atoms with E-state index in [4.69, 9.17) is 19.4 Å². The lowest BCUT2D eigenvalue weighted by atomic mass is 9.92. The zero-order valence-electron chi connectivity index (χ0n) is 36.4. The fourth-order valence-electron chi connectivity index (χ4n) is 9.87. The van der Waals surface area contributed by atoms with Crippen LogP contribution in [0.3, 0.4) is 0 Å². The van der Waals surface area contributed by atoms with Gasteiger partial charge in [-0.05, 0) is 116 Å². The van der Waals surface area contributed by atoms with Crippen molar-refractivity contribution in [1.82, 2.24) is 15.0 Å². The molecule has 314 valence electrons. The first kappa shape index (κ1) is 38.9. The van der Waals surface area contributed by atoms with Gasteiger partial charge in [-0.1, -0.05) is 170 Å². The van der Waals surface area contributed by atoms with Gasteiger partial charge in [-0.25, -0.2) is 15.0 Å². The summed E-state index contributed by atoms with van der Waals surface area (Å²) in [6.45, 7) is 2.15. The fraction of sp³-hybridized carbons (Fsp3) is 0.0161. The molecule has 0 aliphatic rings. The van der Waals surface area contributed by atoms with Gasteiger partial charge in [0.1, 0.15) is 11.2 Å². The zero-order valence-corrected chi connectivity index (χ0v) is 37.3. The number of rotatable bonds is 7. The lowest BCUT2D eigenvalue weighted by Gasteiger charge is -2.11. The van der Waals surface area contributed by atoms with Crippen molar-refractivity contribution in [3.8, 4) is 78.7 Å². The molecule has 0 aliphatic carbocycles. The molecule has 5 heteroatoms. The number of hydrogen-bond donors (Lipinski definition) is 0. The molecule has 0 aliphatic heterocycles. The van der Waals surface area contributed by atoms with Crippen LogP contribution in [0.15, 0.2) is 223 Å². The molecule has 0 unspecified atom stereocenters. The highest BCUT2D eigenvalue weighted by atomic mass is 32.1. The highest BCUT2D eigenvalue weighted by Gasteiger charge is 2.20. The van der Waals surface area contributed by atoms with E-state index >= 15 is 0 Å². The van der Waals surface area contributed by atoms with Gasteiger partial charge >= 0.3 is 0 Å². The SMILES string of the molecule is Cc1cc(-c2nc(-c3ccc4c(c3)oc3cccc(-c5ccccc5-c5ccccc5)c34)nc(-c3ccc4c(c3)sc3cccc(-c5cccc(-c6ccccc6)c5)c34)n2)cc2ccccc12. The van der Waals surface area contributed by atoms with Crippen molar-refractivity contribution in [3.63, 3.8) is 0 Å². The van der Waals surface area contributed by atoms with E-state index in [1.54, 1.807) is 11.3 Å². The van der Waals surface area contributed by atoms with Crippen molar-refractivity contribution in [2.24, 2.45) is 0 Å². The maximum Gasteiger partial charge on any atom is 0.164 e. The summed E-state index contributed by atoms with van der Waals surface area (Å²) < 4.78 is 9.11. The zero-order chi connectivity index (χ0) is 44.4. The topological polar surface area (TPSA) is 51.8 Å². The quantitative estimate of drug-likeness (QED) is 0.160. The lowest BCUT2D eigenvalue weighted by molar-refractivity contribution is 0.669. The predicted octanol–water partition coefficient (Wildman–Crippen LogP) is 17.3. The number of aromatic nitrogens is 3. The largest absolute Gasteiger partial charge is 0.456 e. The monoisotopic (exact) mass is 873 g/mol. The third-order valence-electron chi connectivity index (χ3n) is 13.1. The smallest absolute Gasteiger partial charge is 0.164 e. The number of benzene rings is 10. The molecule has 0 atom stereocenters. The predicted molar refractivity (Wildman–Crippen MR) is 280 cm³/mol. The first-order valence-corrected chi connectivity index (χ1v) is 23.4. The van der Waals surface area contributed by atoms with E-state index in [-0.39, 0.29) is 0 Å². The molecule has 4 nitrogen and oxygen atoms in total. The molecule has 3 heterocycles. The van der Waals surface area contributed by atoms with Crippen LogP contribution >= 0.6 is 11.3 Å². The Morgan fingerprint density at radius 1 is 0.328 bits per heavy atom. The third-order valence-corrected chi connectivity index (χ3v) is 14.2. The highest BCUT2D eigenvalue weighted by molar-refractivity contribution is 7.26. The summed E-state index contributed by atoms with van der Waals surface area (Å²) >= 11 is 1.80. The fourth-order valence-corrected chi connectivity index (χ4v) is 11.0. The molecule has 10 aromatic carbocycles. The number of thiophene rings is 1. The molecule has 13 aromatic rings. The molecule has 67 heavy (non-hydrogen) atoms. The van der Waals surface area contributed by atoms with E-state index < -0.39 is 0 Å². The lowest BCUT2D eigenvalue weighted by Crippen LogP contribution is -2.00. The minimum atomic E-state index is 0.583. The molecule has 0 N–H and O–H groups in total. The summed E-state index contributed by atoms with van der Waals surface area (Å²) in [4.78, 5) is 15.7. The van der Waals surface area contributed by atoms with E-state index in [1.165, 1.54) is 64.5 Å². The van der Waals surface area contributed by atoms with Crippen LogP contribution < -0.4 is 0 Å². The third kappa shape index (κ3) is 6.79. The molecule has 0 saturated heterocycles. The summed E-state index contributed by atoms with van der Waals surface area (Å²) in [5.74, 6) is 1.82. The minimum absolute atomic E-state index is 0.583. The number of nitrogens with zero attached hydrogens (tertiary/aromatic N) is 3. The van der Waals surface area contributed by atoms with Gasteiger partial charge < -0.3 is 4.42 Å². The Morgan fingerprint density at radius 3 is 1.76 bits per heavy atom. The van der Waals surface area contributed by atoms with Gasteiger partial charge in [0.25, 0.3) is 0 Å². The van der Waals surface area contributed by atoms with Crippen LogP contribution in [0.4, 0.5) is 0 Å². The van der Waals surface area contributed by atoms with E-state index in [2.05, 4.69) is 225 Å². The Hall–Kier alpha value is -8.51. The van der Waals surface area contributed by atoms with Crippen LogP contribution in [0, 0.1) is 6.92 Å². The molecule has 0 amide bonds. The van der Waals surface area contributed by atoms with Gasteiger partial charge in [-0.3, -0.25) is 0 Å². The standard InChI is InChI=1S/C62H39N3OS/c1-38-33-46(35-42-19-8-9-22-47(38)42)62-64-60(44-29-31-52-55(36-44)66-54-27-13-26-51(58(52)54)50-24-11-10-23-48(50)40-17-6-3-7-18-40)63-61(65-62)45-30-32-53-57(37-45)67-56-28-14-25-49(59(53)56)43-21-12-20-41(34-43)39-15-4-2-5-16-39/h2-37H,1H3. The Labute approximate surface area is 391 Å². The summed E-state index contributed by atoms with van der Waals surface area (Å²) in [6, 6.07) is 77.5. The Morgan fingerprint density at radius 2 is 0.940 bits per heavy atom. The van der Waals surface area contributed by atoms with Gasteiger partial charge in [-0.15, -0.1) is 11.3 Å². The van der Waals surface area contributed by atoms with Gasteiger partial charge in [0.05, 0.1) is 0 Å². The molecule has 13 rings (SSSR count). The second-order valence-corrected chi connectivity index (χ2v) is 18.2. The molecule has 3 aromatic heterocycles. The average Bonchev–Trinajstić information content (AvgIpc) is 3.97. The molecular formula is C62H39N3OS. The average molecular weight is 874 g/mol. The van der Waals surface area contributed by atoms with Crippen LogP contribution in [0.25, 0.3) is 132 Å². The highest BCUT2D eigenvalue weighted by Crippen LogP contribution is 2.44. The number of fused-ring (bicyclic) bond motifs is 7. The Bertz CT molecular complexity index is 4060. The van der Waals surface area contributed by atoms with E-state index in [0.29, 0.717) is 17.5 Å². The first-order valence-electron chi connectivity index (χ1n) is 22.6. The van der Waals surface area contributed by atoms with Gasteiger partial charge in [0, 0.05) is 47.6 Å². The van der Waals surface area contributed by atoms with Crippen LogP contribution in [0.5, 0.6) is 0 Å². The molecular weight excluding hydrogens is 835 g/mol. The van der Waals surface area contributed by atoms with E-state index in [0.717, 1.165) is 55.1 Å². The molecule has 0 saturated carbocycles. The van der Waals surface area contributed by atoms with Crippen LogP contribution in [-0.4, -0.2) is 15.0 Å². The number of hydrogen-bond acceptors (Lipinski definition) is 5. The summed E-state index contributed by atoms with van der Waals surface area (Å²) in [6.07, 6.45) is 0. The summed E-state index contributed by atoms with van der Waals surface area (Å²) in [5, 5.41) is 6.95. The van der Waals surface area contributed by atoms with Crippen molar-refractivity contribution >= 4 is 64.2 Å². The van der Waals surface area contributed by atoms with Crippen molar-refractivity contribution in [3.05, 3.63) is 224 Å². The van der Waals surface area contributed by atoms with Crippen molar-refractivity contribution in [1.29, 1.82) is 0 Å². The minimum Gasteiger partial charge on any atom is -0.456 e. The molecule has 0 fully saturated rings. The van der Waals surface area contributed by atoms with Crippen LogP contribution in [0.2, 0.25) is 0 Å². The summed E-state index contributed by atoms with van der Waals surface area (Å²) in [5.41, 5.74) is 15.0. The van der Waals surface area contributed by atoms with Crippen LogP contribution in [-0.2, 0) is 0 Å². The molecule has 0 radical (unpaired) electrons. The van der Waals surface area contributed by atoms with Gasteiger partial charge in [0.15, 0.2) is 17.5 Å². The second-order valence-electron chi connectivity index (χ2n) is 17.2. The van der Waals surface area contributed by atoms with Crippen LogP contribution in [0.1, 0.15) is 5.56 Å². The molecule has 0 bridgehead atoms. The normalized spacial score (nSPS) is 11.7. The van der Waals surface area contributed by atoms with Crippen molar-refractivity contribution in [2.45, 2.75) is 6.92 Å². The molecule has 0 spiro atoms. The second kappa shape index (κ2) is 15.9. The van der Waals surface area contributed by atoms with E-state index in [9.17, 15) is 0 Å². The van der Waals surface area contributed by atoms with E-state index in [1.807, 2.05) is 0 Å². The van der Waals surface area contributed by atoms with Crippen molar-refractivity contribution < 1.29 is 4.42 Å². The first-order chi connectivity index (χ1) is 33.1. The Balaban J connectivity index is 0.954. The Kier molecular flexibility index (Phi) is 9.22. The number of furan rings is 1. The van der Waals surface area contributed by atoms with Gasteiger partial charge in [0.2, 0.25) is 0 Å². The maximum absolute atomic E-state index is 6.69. The summed E-state index contributed by atoms with van der Waals surface area (Å²) in [7, 11) is 0. The van der Waals surface area contributed by atoms with Gasteiger partial charge in [-0.2, -0.15) is 0 Å². The maximum atomic E-state index is 6.69.